The number of carbonyl (C=O) groups excluding carboxylic acids is 1. The minimum absolute atomic E-state index is 0.0748. The number of nitrogens with one attached hydrogen (secondary N) is 1. The molecule has 2 aromatic heterocycles. The first-order valence-electron chi connectivity index (χ1n) is 9.13. The van der Waals surface area contributed by atoms with Crippen LogP contribution in [0.15, 0.2) is 52.9 Å². The van der Waals surface area contributed by atoms with E-state index in [-0.39, 0.29) is 5.91 Å². The molecule has 0 saturated heterocycles. The van der Waals surface area contributed by atoms with Crippen molar-refractivity contribution in [3.05, 3.63) is 71.1 Å². The third kappa shape index (κ3) is 2.54. The molecular weight excluding hydrogens is 340 g/mol. The zero-order chi connectivity index (χ0) is 18.4. The lowest BCUT2D eigenvalue weighted by atomic mass is 10.0. The molecule has 1 N–H and O–H groups in total. The molecule has 5 heteroatoms. The van der Waals surface area contributed by atoms with Crippen molar-refractivity contribution in [2.75, 3.05) is 13.7 Å². The molecule has 27 heavy (non-hydrogen) atoms. The summed E-state index contributed by atoms with van der Waals surface area (Å²) >= 11 is 0. The van der Waals surface area contributed by atoms with Crippen LogP contribution in [0.25, 0.3) is 21.9 Å². The number of nitrogens with zero attached hydrogens (tertiary/aromatic N) is 1. The number of furan rings is 1. The molecular formula is C22H20N2O3. The molecule has 0 saturated carbocycles. The second kappa shape index (κ2) is 6.28. The summed E-state index contributed by atoms with van der Waals surface area (Å²) in [7, 11) is 1.63. The number of hydrogen-bond acceptors (Lipinski definition) is 3. The standard InChI is InChI=1S/C22H20N2O3/c1-26-13-17-15-7-3-5-9-20(15)27-21(17)22(25)24-11-10-19-16(12-24)14-6-2-4-8-18(14)23-19/h2-9,23H,10-13H2,1H3. The maximum absolute atomic E-state index is 13.3. The van der Waals surface area contributed by atoms with Gasteiger partial charge in [-0.3, -0.25) is 4.79 Å². The van der Waals surface area contributed by atoms with Crippen LogP contribution in [0.1, 0.15) is 27.4 Å². The maximum atomic E-state index is 13.3. The first kappa shape index (κ1) is 16.1. The van der Waals surface area contributed by atoms with Crippen molar-refractivity contribution in [1.82, 2.24) is 9.88 Å². The molecule has 5 rings (SSSR count). The van der Waals surface area contributed by atoms with Gasteiger partial charge in [0, 0.05) is 59.7 Å². The van der Waals surface area contributed by atoms with Crippen LogP contribution in [-0.4, -0.2) is 29.4 Å². The third-order valence-electron chi connectivity index (χ3n) is 5.35. The first-order valence-corrected chi connectivity index (χ1v) is 9.13. The number of carbonyl (C=O) groups is 1. The molecule has 0 spiro atoms. The first-order chi connectivity index (χ1) is 13.3. The Kier molecular flexibility index (Phi) is 3.76. The fraction of sp³-hybridized carbons (Fsp3) is 0.227. The minimum atomic E-state index is -0.0748. The summed E-state index contributed by atoms with van der Waals surface area (Å²) < 4.78 is 11.3. The SMILES string of the molecule is COCc1c(C(=O)N2CCc3[nH]c4ccccc4c3C2)oc2ccccc12. The van der Waals surface area contributed by atoms with Crippen molar-refractivity contribution in [3.8, 4) is 0 Å². The Hall–Kier alpha value is -3.05. The van der Waals surface area contributed by atoms with Crippen molar-refractivity contribution in [2.24, 2.45) is 0 Å². The van der Waals surface area contributed by atoms with E-state index in [0.717, 1.165) is 28.5 Å². The molecule has 136 valence electrons. The lowest BCUT2D eigenvalue weighted by Gasteiger charge is -2.26. The fourth-order valence-corrected chi connectivity index (χ4v) is 4.04. The molecule has 3 heterocycles. The molecule has 0 aliphatic carbocycles. The van der Waals surface area contributed by atoms with Gasteiger partial charge in [0.25, 0.3) is 5.91 Å². The zero-order valence-electron chi connectivity index (χ0n) is 15.1. The van der Waals surface area contributed by atoms with Crippen molar-refractivity contribution in [3.63, 3.8) is 0 Å². The average Bonchev–Trinajstić information content (AvgIpc) is 3.26. The molecule has 0 unspecified atom stereocenters. The van der Waals surface area contributed by atoms with E-state index < -0.39 is 0 Å². The van der Waals surface area contributed by atoms with Gasteiger partial charge in [0.2, 0.25) is 0 Å². The van der Waals surface area contributed by atoms with Gasteiger partial charge in [-0.25, -0.2) is 0 Å². The molecule has 1 amide bonds. The highest BCUT2D eigenvalue weighted by Gasteiger charge is 2.29. The molecule has 1 aliphatic heterocycles. The number of benzene rings is 2. The van der Waals surface area contributed by atoms with Gasteiger partial charge >= 0.3 is 0 Å². The number of fused-ring (bicyclic) bond motifs is 4. The predicted molar refractivity (Wildman–Crippen MR) is 104 cm³/mol. The van der Waals surface area contributed by atoms with E-state index >= 15 is 0 Å². The van der Waals surface area contributed by atoms with Crippen LogP contribution in [0.3, 0.4) is 0 Å². The van der Waals surface area contributed by atoms with Crippen LogP contribution < -0.4 is 0 Å². The van der Waals surface area contributed by atoms with Crippen LogP contribution in [0.4, 0.5) is 0 Å². The minimum Gasteiger partial charge on any atom is -0.451 e. The lowest BCUT2D eigenvalue weighted by molar-refractivity contribution is 0.0699. The number of rotatable bonds is 3. The smallest absolute Gasteiger partial charge is 0.290 e. The highest BCUT2D eigenvalue weighted by Crippen LogP contribution is 2.31. The van der Waals surface area contributed by atoms with Gasteiger partial charge in [-0.15, -0.1) is 0 Å². The van der Waals surface area contributed by atoms with Crippen LogP contribution in [-0.2, 0) is 24.3 Å². The Morgan fingerprint density at radius 1 is 1.15 bits per heavy atom. The van der Waals surface area contributed by atoms with Gasteiger partial charge < -0.3 is 19.0 Å². The van der Waals surface area contributed by atoms with Gasteiger partial charge in [-0.2, -0.15) is 0 Å². The summed E-state index contributed by atoms with van der Waals surface area (Å²) in [6, 6.07) is 16.0. The van der Waals surface area contributed by atoms with Crippen molar-refractivity contribution in [2.45, 2.75) is 19.6 Å². The number of ether oxygens (including phenoxy) is 1. The molecule has 0 bridgehead atoms. The van der Waals surface area contributed by atoms with E-state index in [1.165, 1.54) is 16.6 Å². The van der Waals surface area contributed by atoms with Gasteiger partial charge in [0.15, 0.2) is 5.76 Å². The molecule has 0 radical (unpaired) electrons. The molecule has 5 nitrogen and oxygen atoms in total. The topological polar surface area (TPSA) is 58.5 Å². The molecule has 0 atom stereocenters. The predicted octanol–water partition coefficient (Wildman–Crippen LogP) is 4.26. The molecule has 2 aromatic carbocycles. The summed E-state index contributed by atoms with van der Waals surface area (Å²) in [5, 5.41) is 2.12. The van der Waals surface area contributed by atoms with Crippen molar-refractivity contribution in [1.29, 1.82) is 0 Å². The maximum Gasteiger partial charge on any atom is 0.290 e. The largest absolute Gasteiger partial charge is 0.451 e. The van der Waals surface area contributed by atoms with Gasteiger partial charge in [0.1, 0.15) is 5.58 Å². The van der Waals surface area contributed by atoms with Crippen LogP contribution >= 0.6 is 0 Å². The summed E-state index contributed by atoms with van der Waals surface area (Å²) in [6.45, 7) is 1.61. The van der Waals surface area contributed by atoms with Crippen LogP contribution in [0.5, 0.6) is 0 Å². The normalized spacial score (nSPS) is 14.0. The molecule has 1 aliphatic rings. The van der Waals surface area contributed by atoms with Gasteiger partial charge in [0.05, 0.1) is 6.61 Å². The van der Waals surface area contributed by atoms with E-state index in [1.54, 1.807) is 7.11 Å². The number of methoxy groups -OCH3 is 1. The van der Waals surface area contributed by atoms with Crippen molar-refractivity contribution < 1.29 is 13.9 Å². The van der Waals surface area contributed by atoms with E-state index in [2.05, 4.69) is 17.1 Å². The van der Waals surface area contributed by atoms with E-state index in [1.807, 2.05) is 41.3 Å². The lowest BCUT2D eigenvalue weighted by Crippen LogP contribution is -2.36. The highest BCUT2D eigenvalue weighted by molar-refractivity contribution is 5.99. The highest BCUT2D eigenvalue weighted by atomic mass is 16.5. The van der Waals surface area contributed by atoms with Crippen LogP contribution in [0.2, 0.25) is 0 Å². The number of para-hydroxylation sites is 2. The van der Waals surface area contributed by atoms with E-state index in [0.29, 0.717) is 25.5 Å². The molecule has 0 fully saturated rings. The van der Waals surface area contributed by atoms with Gasteiger partial charge in [-0.1, -0.05) is 36.4 Å². The van der Waals surface area contributed by atoms with Gasteiger partial charge in [-0.05, 0) is 12.1 Å². The quantitative estimate of drug-likeness (QED) is 0.594. The third-order valence-corrected chi connectivity index (χ3v) is 5.35. The van der Waals surface area contributed by atoms with Crippen LogP contribution in [0, 0.1) is 0 Å². The number of aromatic amines is 1. The fourth-order valence-electron chi connectivity index (χ4n) is 4.04. The Bertz CT molecular complexity index is 1160. The number of amides is 1. The summed E-state index contributed by atoms with van der Waals surface area (Å²) in [6.07, 6.45) is 0.815. The Morgan fingerprint density at radius 2 is 1.93 bits per heavy atom. The zero-order valence-corrected chi connectivity index (χ0v) is 15.1. The monoisotopic (exact) mass is 360 g/mol. The summed E-state index contributed by atoms with van der Waals surface area (Å²) in [5.74, 6) is 0.315. The Morgan fingerprint density at radius 3 is 2.78 bits per heavy atom. The van der Waals surface area contributed by atoms with E-state index in [4.69, 9.17) is 9.15 Å². The number of H-pyrrole nitrogens is 1. The summed E-state index contributed by atoms with van der Waals surface area (Å²) in [4.78, 5) is 18.7. The van der Waals surface area contributed by atoms with Crippen molar-refractivity contribution >= 4 is 27.8 Å². The average molecular weight is 360 g/mol. The second-order valence-corrected chi connectivity index (χ2v) is 6.94. The number of hydrogen-bond donors (Lipinski definition) is 1. The number of aromatic nitrogens is 1. The molecule has 4 aromatic rings. The van der Waals surface area contributed by atoms with E-state index in [9.17, 15) is 4.79 Å². The Labute approximate surface area is 156 Å². The Balaban J connectivity index is 1.53. The summed E-state index contributed by atoms with van der Waals surface area (Å²) in [5.41, 5.74) is 5.10. The second-order valence-electron chi connectivity index (χ2n) is 6.94.